The minimum Gasteiger partial charge on any atom is -0.480 e. The number of carboxylic acid groups (broad SMARTS) is 1. The van der Waals surface area contributed by atoms with Crippen LogP contribution in [0.4, 0.5) is 4.79 Å². The Balaban J connectivity index is 1.32. The van der Waals surface area contributed by atoms with Crippen molar-refractivity contribution in [2.24, 2.45) is 5.92 Å². The number of fused-ring (bicyclic) bond motifs is 3. The van der Waals surface area contributed by atoms with Crippen LogP contribution in [0.25, 0.3) is 11.1 Å². The number of benzene rings is 2. The molecule has 7 nitrogen and oxygen atoms in total. The lowest BCUT2D eigenvalue weighted by molar-refractivity contribution is -0.142. The largest absolute Gasteiger partial charge is 0.480 e. The van der Waals surface area contributed by atoms with Crippen LogP contribution >= 0.6 is 0 Å². The standard InChI is InChI=1S/C27H32N2O5/c1-2-7-18(15-25(30)29-24(26(31)32)14-17-12-13-17)28-27(33)34-16-23-21-10-5-3-8-19(21)20-9-4-6-11-22(20)23/h3-6,8-11,17-18,23-24H,2,7,12-16H2,1H3,(H,28,33)(H,29,30)(H,31,32)/t18-,24?/m0/s1. The minimum atomic E-state index is -1.02. The maximum atomic E-state index is 12.6. The average Bonchev–Trinajstić information content (AvgIpc) is 3.58. The van der Waals surface area contributed by atoms with Gasteiger partial charge in [-0.15, -0.1) is 0 Å². The summed E-state index contributed by atoms with van der Waals surface area (Å²) in [6.07, 6.45) is 3.31. The summed E-state index contributed by atoms with van der Waals surface area (Å²) in [6.45, 7) is 2.17. The van der Waals surface area contributed by atoms with E-state index >= 15 is 0 Å². The van der Waals surface area contributed by atoms with Gasteiger partial charge in [-0.05, 0) is 41.0 Å². The second kappa shape index (κ2) is 10.7. The van der Waals surface area contributed by atoms with E-state index in [0.717, 1.165) is 41.5 Å². The van der Waals surface area contributed by atoms with Crippen LogP contribution in [0.15, 0.2) is 48.5 Å². The highest BCUT2D eigenvalue weighted by atomic mass is 16.5. The van der Waals surface area contributed by atoms with Crippen molar-refractivity contribution in [1.82, 2.24) is 10.6 Å². The average molecular weight is 465 g/mol. The molecule has 0 aliphatic heterocycles. The fourth-order valence-corrected chi connectivity index (χ4v) is 4.77. The molecule has 2 aromatic carbocycles. The first-order valence-electron chi connectivity index (χ1n) is 12.1. The Morgan fingerprint density at radius 1 is 1.00 bits per heavy atom. The number of hydrogen-bond acceptors (Lipinski definition) is 4. The Hall–Kier alpha value is -3.35. The first-order valence-corrected chi connectivity index (χ1v) is 12.1. The molecular formula is C27H32N2O5. The molecule has 2 aliphatic carbocycles. The highest BCUT2D eigenvalue weighted by Crippen LogP contribution is 2.44. The fourth-order valence-electron chi connectivity index (χ4n) is 4.77. The maximum absolute atomic E-state index is 12.6. The fraction of sp³-hybridized carbons (Fsp3) is 0.444. The zero-order valence-electron chi connectivity index (χ0n) is 19.5. The Labute approximate surface area is 199 Å². The van der Waals surface area contributed by atoms with Crippen LogP contribution in [0.5, 0.6) is 0 Å². The maximum Gasteiger partial charge on any atom is 0.407 e. The van der Waals surface area contributed by atoms with Crippen molar-refractivity contribution in [1.29, 1.82) is 0 Å². The van der Waals surface area contributed by atoms with Crippen molar-refractivity contribution in [3.05, 3.63) is 59.7 Å². The molecule has 2 amide bonds. The van der Waals surface area contributed by atoms with Crippen molar-refractivity contribution in [2.75, 3.05) is 6.61 Å². The Morgan fingerprint density at radius 3 is 2.18 bits per heavy atom. The summed E-state index contributed by atoms with van der Waals surface area (Å²) in [5, 5.41) is 14.8. The SMILES string of the molecule is CCC[C@@H](CC(=O)NC(CC1CC1)C(=O)O)NC(=O)OCC1c2ccccc2-c2ccccc21. The molecule has 0 radical (unpaired) electrons. The summed E-state index contributed by atoms with van der Waals surface area (Å²) in [4.78, 5) is 36.6. The molecule has 0 heterocycles. The van der Waals surface area contributed by atoms with Gasteiger partial charge in [-0.2, -0.15) is 0 Å². The molecule has 2 atom stereocenters. The summed E-state index contributed by atoms with van der Waals surface area (Å²) >= 11 is 0. The van der Waals surface area contributed by atoms with E-state index in [1.54, 1.807) is 0 Å². The van der Waals surface area contributed by atoms with E-state index in [4.69, 9.17) is 4.74 Å². The predicted molar refractivity (Wildman–Crippen MR) is 128 cm³/mol. The number of ether oxygens (including phenoxy) is 1. The Morgan fingerprint density at radius 2 is 1.62 bits per heavy atom. The van der Waals surface area contributed by atoms with E-state index in [1.807, 2.05) is 31.2 Å². The van der Waals surface area contributed by atoms with E-state index in [0.29, 0.717) is 18.8 Å². The minimum absolute atomic E-state index is 0.0203. The molecular weight excluding hydrogens is 432 g/mol. The highest BCUT2D eigenvalue weighted by Gasteiger charge is 2.31. The van der Waals surface area contributed by atoms with Gasteiger partial charge in [0.25, 0.3) is 0 Å². The number of aliphatic carboxylic acids is 1. The molecule has 7 heteroatoms. The lowest BCUT2D eigenvalue weighted by Gasteiger charge is -2.21. The summed E-state index contributed by atoms with van der Waals surface area (Å²) in [6, 6.07) is 15.0. The number of hydrogen-bond donors (Lipinski definition) is 3. The third-order valence-electron chi connectivity index (χ3n) is 6.63. The van der Waals surface area contributed by atoms with Gasteiger partial charge in [0, 0.05) is 18.4 Å². The first-order chi connectivity index (χ1) is 16.5. The molecule has 0 saturated heterocycles. The monoisotopic (exact) mass is 464 g/mol. The number of rotatable bonds is 11. The first kappa shape index (κ1) is 23.8. The quantitative estimate of drug-likeness (QED) is 0.456. The highest BCUT2D eigenvalue weighted by molar-refractivity contribution is 5.84. The summed E-state index contributed by atoms with van der Waals surface area (Å²) in [7, 11) is 0. The summed E-state index contributed by atoms with van der Waals surface area (Å²) in [5.41, 5.74) is 4.59. The number of amides is 2. The van der Waals surface area contributed by atoms with Gasteiger partial charge in [0.05, 0.1) is 0 Å². The van der Waals surface area contributed by atoms with E-state index in [1.165, 1.54) is 0 Å². The van der Waals surface area contributed by atoms with Crippen molar-refractivity contribution in [2.45, 2.75) is 63.5 Å². The molecule has 0 aromatic heterocycles. The van der Waals surface area contributed by atoms with Gasteiger partial charge in [-0.3, -0.25) is 4.79 Å². The van der Waals surface area contributed by atoms with Gasteiger partial charge in [0.2, 0.25) is 5.91 Å². The smallest absolute Gasteiger partial charge is 0.407 e. The molecule has 3 N–H and O–H groups in total. The van der Waals surface area contributed by atoms with Crippen LogP contribution in [-0.2, 0) is 14.3 Å². The topological polar surface area (TPSA) is 105 Å². The molecule has 0 spiro atoms. The number of carbonyl (C=O) groups excluding carboxylic acids is 2. The second-order valence-corrected chi connectivity index (χ2v) is 9.30. The van der Waals surface area contributed by atoms with Crippen LogP contribution in [0.3, 0.4) is 0 Å². The van der Waals surface area contributed by atoms with E-state index in [2.05, 4.69) is 34.9 Å². The zero-order chi connectivity index (χ0) is 24.1. The van der Waals surface area contributed by atoms with Crippen molar-refractivity contribution < 1.29 is 24.2 Å². The van der Waals surface area contributed by atoms with Crippen LogP contribution < -0.4 is 10.6 Å². The molecule has 180 valence electrons. The molecule has 1 fully saturated rings. The lowest BCUT2D eigenvalue weighted by atomic mass is 9.98. The van der Waals surface area contributed by atoms with Crippen molar-refractivity contribution in [3.8, 4) is 11.1 Å². The van der Waals surface area contributed by atoms with Crippen LogP contribution in [0.2, 0.25) is 0 Å². The molecule has 2 aliphatic rings. The number of carboxylic acids is 1. The van der Waals surface area contributed by atoms with Gasteiger partial charge >= 0.3 is 12.1 Å². The third kappa shape index (κ3) is 5.76. The Kier molecular flexibility index (Phi) is 7.50. The van der Waals surface area contributed by atoms with Gasteiger partial charge in [-0.25, -0.2) is 9.59 Å². The van der Waals surface area contributed by atoms with Crippen LogP contribution in [-0.4, -0.2) is 41.8 Å². The molecule has 1 unspecified atom stereocenters. The van der Waals surface area contributed by atoms with Gasteiger partial charge in [-0.1, -0.05) is 74.7 Å². The number of nitrogens with one attached hydrogen (secondary N) is 2. The third-order valence-corrected chi connectivity index (χ3v) is 6.63. The number of carbonyl (C=O) groups is 3. The van der Waals surface area contributed by atoms with E-state index in [-0.39, 0.29) is 24.9 Å². The summed E-state index contributed by atoms with van der Waals surface area (Å²) in [5.74, 6) is -1.04. The predicted octanol–water partition coefficient (Wildman–Crippen LogP) is 4.45. The van der Waals surface area contributed by atoms with Crippen LogP contribution in [0.1, 0.15) is 62.5 Å². The normalized spacial score (nSPS) is 16.1. The van der Waals surface area contributed by atoms with E-state index in [9.17, 15) is 19.5 Å². The molecule has 1 saturated carbocycles. The molecule has 4 rings (SSSR count). The van der Waals surface area contributed by atoms with Gasteiger partial charge in [0.15, 0.2) is 0 Å². The Bertz CT molecular complexity index is 1000. The van der Waals surface area contributed by atoms with Crippen LogP contribution in [0, 0.1) is 5.92 Å². The zero-order valence-corrected chi connectivity index (χ0v) is 19.5. The molecule has 34 heavy (non-hydrogen) atoms. The lowest BCUT2D eigenvalue weighted by Crippen LogP contribution is -2.45. The number of alkyl carbamates (subject to hydrolysis) is 1. The van der Waals surface area contributed by atoms with Gasteiger partial charge in [0.1, 0.15) is 12.6 Å². The van der Waals surface area contributed by atoms with Gasteiger partial charge < -0.3 is 20.5 Å². The molecule has 2 aromatic rings. The molecule has 0 bridgehead atoms. The van der Waals surface area contributed by atoms with Crippen molar-refractivity contribution in [3.63, 3.8) is 0 Å². The van der Waals surface area contributed by atoms with Crippen molar-refractivity contribution >= 4 is 18.0 Å². The second-order valence-electron chi connectivity index (χ2n) is 9.30. The van der Waals surface area contributed by atoms with E-state index < -0.39 is 24.1 Å². The summed E-state index contributed by atoms with van der Waals surface area (Å²) < 4.78 is 5.60.